The topological polar surface area (TPSA) is 17.8 Å². The molecule has 0 aromatic carbocycles. The molecule has 0 N–H and O–H groups in total. The van der Waals surface area contributed by atoms with Crippen LogP contribution in [-0.4, -0.2) is 9.55 Å². The van der Waals surface area contributed by atoms with Crippen molar-refractivity contribution in [3.8, 4) is 0 Å². The molecule has 0 saturated carbocycles. The third-order valence-corrected chi connectivity index (χ3v) is 2.32. The van der Waals surface area contributed by atoms with Gasteiger partial charge < -0.3 is 4.57 Å². The first-order valence-corrected chi connectivity index (χ1v) is 4.14. The highest BCUT2D eigenvalue weighted by molar-refractivity contribution is 9.10. The van der Waals surface area contributed by atoms with Crippen molar-refractivity contribution < 1.29 is 0 Å². The second kappa shape index (κ2) is 2.34. The lowest BCUT2D eigenvalue weighted by molar-refractivity contribution is 0.946. The predicted molar refractivity (Wildman–Crippen MR) is 48.4 cm³/mol. The van der Waals surface area contributed by atoms with Crippen LogP contribution in [0, 0.1) is 0 Å². The summed E-state index contributed by atoms with van der Waals surface area (Å²) >= 11 is 3.46. The summed E-state index contributed by atoms with van der Waals surface area (Å²) in [5.74, 6) is 0. The average molecular weight is 211 g/mol. The third-order valence-electron chi connectivity index (χ3n) is 1.69. The first-order valence-electron chi connectivity index (χ1n) is 3.34. The van der Waals surface area contributed by atoms with Crippen LogP contribution in [0.3, 0.4) is 0 Å². The Kier molecular flexibility index (Phi) is 1.46. The van der Waals surface area contributed by atoms with Gasteiger partial charge in [0.15, 0.2) is 0 Å². The van der Waals surface area contributed by atoms with E-state index in [1.54, 1.807) is 6.20 Å². The van der Waals surface area contributed by atoms with Gasteiger partial charge in [-0.2, -0.15) is 0 Å². The largest absolute Gasteiger partial charge is 0.334 e. The third kappa shape index (κ3) is 0.959. The summed E-state index contributed by atoms with van der Waals surface area (Å²) in [7, 11) is 1.99. The summed E-state index contributed by atoms with van der Waals surface area (Å²) in [5.41, 5.74) is 1.01. The van der Waals surface area contributed by atoms with E-state index in [0.717, 1.165) is 15.5 Å². The lowest BCUT2D eigenvalue weighted by Gasteiger charge is -1.91. The lowest BCUT2D eigenvalue weighted by Crippen LogP contribution is -1.85. The molecule has 2 aromatic rings. The number of nitrogens with zero attached hydrogens (tertiary/aromatic N) is 2. The summed E-state index contributed by atoms with van der Waals surface area (Å²) < 4.78 is 3.10. The zero-order valence-electron chi connectivity index (χ0n) is 6.08. The van der Waals surface area contributed by atoms with Crippen LogP contribution in [0.1, 0.15) is 0 Å². The molecule has 0 atom stereocenters. The summed E-state index contributed by atoms with van der Waals surface area (Å²) in [5, 5.41) is 1.16. The van der Waals surface area contributed by atoms with Crippen molar-refractivity contribution in [2.45, 2.75) is 0 Å². The number of rotatable bonds is 0. The average Bonchev–Trinajstić information content (AvgIpc) is 2.30. The van der Waals surface area contributed by atoms with E-state index in [4.69, 9.17) is 0 Å². The van der Waals surface area contributed by atoms with Gasteiger partial charge in [-0.3, -0.25) is 0 Å². The monoisotopic (exact) mass is 210 g/mol. The second-order valence-electron chi connectivity index (χ2n) is 2.46. The zero-order chi connectivity index (χ0) is 7.84. The molecule has 2 nitrogen and oxygen atoms in total. The van der Waals surface area contributed by atoms with Crippen molar-refractivity contribution >= 4 is 27.0 Å². The van der Waals surface area contributed by atoms with Crippen LogP contribution in [0.5, 0.6) is 0 Å². The number of hydrogen-bond donors (Lipinski definition) is 0. The van der Waals surface area contributed by atoms with Gasteiger partial charge in [-0.05, 0) is 28.1 Å². The van der Waals surface area contributed by atoms with E-state index in [1.807, 2.05) is 29.9 Å². The van der Waals surface area contributed by atoms with Crippen LogP contribution in [0.2, 0.25) is 0 Å². The molecule has 0 fully saturated rings. The first kappa shape index (κ1) is 6.85. The maximum Gasteiger partial charge on any atom is 0.140 e. The van der Waals surface area contributed by atoms with Gasteiger partial charge in [-0.1, -0.05) is 0 Å². The van der Waals surface area contributed by atoms with Crippen LogP contribution >= 0.6 is 15.9 Å². The van der Waals surface area contributed by atoms with Crippen LogP contribution < -0.4 is 0 Å². The molecule has 2 rings (SSSR count). The van der Waals surface area contributed by atoms with E-state index in [0.29, 0.717) is 0 Å². The van der Waals surface area contributed by atoms with Crippen molar-refractivity contribution in [3.05, 3.63) is 29.0 Å². The van der Waals surface area contributed by atoms with E-state index < -0.39 is 0 Å². The molecule has 0 aliphatic heterocycles. The Balaban J connectivity index is 2.95. The fourth-order valence-corrected chi connectivity index (χ4v) is 1.78. The van der Waals surface area contributed by atoms with Gasteiger partial charge in [0, 0.05) is 29.3 Å². The van der Waals surface area contributed by atoms with E-state index in [2.05, 4.69) is 20.9 Å². The van der Waals surface area contributed by atoms with Crippen molar-refractivity contribution in [1.29, 1.82) is 0 Å². The van der Waals surface area contributed by atoms with Gasteiger partial charge in [0.25, 0.3) is 0 Å². The molecule has 56 valence electrons. The number of pyridine rings is 1. The normalized spacial score (nSPS) is 10.7. The van der Waals surface area contributed by atoms with Crippen LogP contribution in [0.4, 0.5) is 0 Å². The summed E-state index contributed by atoms with van der Waals surface area (Å²) in [4.78, 5) is 4.23. The number of aryl methyl sites for hydroxylation is 1. The Hall–Kier alpha value is -0.830. The fourth-order valence-electron chi connectivity index (χ4n) is 1.17. The summed E-state index contributed by atoms with van der Waals surface area (Å²) in [6, 6.07) is 3.99. The Morgan fingerprint density at radius 2 is 2.36 bits per heavy atom. The number of hydrogen-bond acceptors (Lipinski definition) is 1. The molecule has 11 heavy (non-hydrogen) atoms. The molecular weight excluding hydrogens is 204 g/mol. The summed E-state index contributed by atoms with van der Waals surface area (Å²) in [6.45, 7) is 0. The van der Waals surface area contributed by atoms with Crippen molar-refractivity contribution in [2.24, 2.45) is 7.05 Å². The molecule has 2 aromatic heterocycles. The van der Waals surface area contributed by atoms with Crippen molar-refractivity contribution in [1.82, 2.24) is 9.55 Å². The lowest BCUT2D eigenvalue weighted by atomic mass is 10.3. The maximum absolute atomic E-state index is 4.23. The Labute approximate surface area is 73.0 Å². The predicted octanol–water partition coefficient (Wildman–Crippen LogP) is 2.34. The second-order valence-corrected chi connectivity index (χ2v) is 3.32. The molecule has 0 amide bonds. The quantitative estimate of drug-likeness (QED) is 0.653. The Bertz CT molecular complexity index is 356. The van der Waals surface area contributed by atoms with Gasteiger partial charge in [0.2, 0.25) is 0 Å². The minimum atomic E-state index is 1.01. The van der Waals surface area contributed by atoms with Crippen LogP contribution in [0.25, 0.3) is 11.0 Å². The molecule has 0 spiro atoms. The number of fused-ring (bicyclic) bond motifs is 1. The minimum Gasteiger partial charge on any atom is -0.334 e. The van der Waals surface area contributed by atoms with Gasteiger partial charge in [0.1, 0.15) is 5.65 Å². The maximum atomic E-state index is 4.23. The minimum absolute atomic E-state index is 1.01. The van der Waals surface area contributed by atoms with E-state index in [-0.39, 0.29) is 0 Å². The molecule has 0 saturated heterocycles. The Morgan fingerprint density at radius 1 is 1.55 bits per heavy atom. The standard InChI is InChI=1S/C8H7BrN2/c1-11-5-7(9)6-3-2-4-10-8(6)11/h2-5H,1H3. The molecule has 0 bridgehead atoms. The van der Waals surface area contributed by atoms with Gasteiger partial charge in [-0.15, -0.1) is 0 Å². The molecular formula is C8H7BrN2. The SMILES string of the molecule is Cn1cc(Br)c2cccnc21. The van der Waals surface area contributed by atoms with Crippen molar-refractivity contribution in [3.63, 3.8) is 0 Å². The smallest absolute Gasteiger partial charge is 0.140 e. The van der Waals surface area contributed by atoms with Gasteiger partial charge in [0.05, 0.1) is 0 Å². The Morgan fingerprint density at radius 3 is 3.09 bits per heavy atom. The van der Waals surface area contributed by atoms with Gasteiger partial charge >= 0.3 is 0 Å². The fraction of sp³-hybridized carbons (Fsp3) is 0.125. The molecule has 2 heterocycles. The molecule has 0 unspecified atom stereocenters. The summed E-state index contributed by atoms with van der Waals surface area (Å²) in [6.07, 6.45) is 3.81. The first-order chi connectivity index (χ1) is 5.29. The number of aromatic nitrogens is 2. The number of halogens is 1. The van der Waals surface area contributed by atoms with Crippen LogP contribution in [-0.2, 0) is 7.05 Å². The molecule has 0 aliphatic carbocycles. The highest BCUT2D eigenvalue weighted by atomic mass is 79.9. The highest BCUT2D eigenvalue weighted by Crippen LogP contribution is 2.22. The van der Waals surface area contributed by atoms with E-state index in [9.17, 15) is 0 Å². The van der Waals surface area contributed by atoms with Crippen LogP contribution in [0.15, 0.2) is 29.0 Å². The van der Waals surface area contributed by atoms with E-state index in [1.165, 1.54) is 0 Å². The van der Waals surface area contributed by atoms with Crippen molar-refractivity contribution in [2.75, 3.05) is 0 Å². The van der Waals surface area contributed by atoms with Gasteiger partial charge in [-0.25, -0.2) is 4.98 Å². The van der Waals surface area contributed by atoms with E-state index >= 15 is 0 Å². The highest BCUT2D eigenvalue weighted by Gasteiger charge is 2.02. The molecule has 0 radical (unpaired) electrons. The zero-order valence-corrected chi connectivity index (χ0v) is 7.67. The molecule has 0 aliphatic rings. The molecule has 3 heteroatoms.